The molecule has 45 heavy (non-hydrogen) atoms. The van der Waals surface area contributed by atoms with Gasteiger partial charge >= 0.3 is 12.2 Å². The van der Waals surface area contributed by atoms with Crippen molar-refractivity contribution in [2.75, 3.05) is 37.4 Å². The molecule has 0 radical (unpaired) electrons. The Morgan fingerprint density at radius 3 is 2.38 bits per heavy atom. The molecule has 3 N–H and O–H groups in total. The number of benzene rings is 3. The summed E-state index contributed by atoms with van der Waals surface area (Å²) >= 11 is 12.3. The molecule has 0 saturated carbocycles. The minimum absolute atomic E-state index is 0.0335. The Kier molecular flexibility index (Phi) is 11.2. The van der Waals surface area contributed by atoms with E-state index >= 15 is 0 Å². The maximum Gasteiger partial charge on any atom is 0.416 e. The molecule has 0 aliphatic carbocycles. The first kappa shape index (κ1) is 34.4. The van der Waals surface area contributed by atoms with Gasteiger partial charge in [-0.05, 0) is 74.1 Å². The first-order valence-electron chi connectivity index (χ1n) is 14.3. The fourth-order valence-corrected chi connectivity index (χ4v) is 5.40. The molecule has 8 nitrogen and oxygen atoms in total. The SMILES string of the molecule is C[C@@H]1CN([C@H](C)CO)C(=O)Cc2cc(NC(=O)Nc3ccc(C(F)(F)F)cc3)ccc2O[C@@H]1CN(C)Cc1ccc(Cl)c(Cl)c1. The van der Waals surface area contributed by atoms with Crippen LogP contribution in [0.25, 0.3) is 0 Å². The van der Waals surface area contributed by atoms with Crippen molar-refractivity contribution in [3.8, 4) is 5.75 Å². The molecule has 0 unspecified atom stereocenters. The Morgan fingerprint density at radius 1 is 1.07 bits per heavy atom. The normalized spacial score (nSPS) is 17.9. The zero-order chi connectivity index (χ0) is 32.9. The number of ether oxygens (including phenoxy) is 1. The summed E-state index contributed by atoms with van der Waals surface area (Å²) in [6.45, 7) is 5.00. The number of aliphatic hydroxyl groups is 1. The highest BCUT2D eigenvalue weighted by Crippen LogP contribution is 2.31. The van der Waals surface area contributed by atoms with Gasteiger partial charge in [-0.1, -0.05) is 36.2 Å². The number of carbonyl (C=O) groups is 2. The topological polar surface area (TPSA) is 94.1 Å². The van der Waals surface area contributed by atoms with Crippen molar-refractivity contribution in [2.45, 2.75) is 45.1 Å². The molecule has 1 aliphatic heterocycles. The van der Waals surface area contributed by atoms with Crippen LogP contribution in [-0.2, 0) is 23.9 Å². The zero-order valence-corrected chi connectivity index (χ0v) is 26.5. The van der Waals surface area contributed by atoms with Crippen LogP contribution < -0.4 is 15.4 Å². The molecular formula is C32H35Cl2F3N4O4. The summed E-state index contributed by atoms with van der Waals surface area (Å²) < 4.78 is 45.1. The maximum absolute atomic E-state index is 13.5. The number of amides is 3. The molecule has 1 aliphatic rings. The molecule has 0 aromatic heterocycles. The van der Waals surface area contributed by atoms with E-state index < -0.39 is 23.8 Å². The number of fused-ring (bicyclic) bond motifs is 1. The third kappa shape index (κ3) is 9.26. The molecule has 0 fully saturated rings. The lowest BCUT2D eigenvalue weighted by Gasteiger charge is -2.34. The minimum Gasteiger partial charge on any atom is -0.488 e. The fraction of sp³-hybridized carbons (Fsp3) is 0.375. The summed E-state index contributed by atoms with van der Waals surface area (Å²) in [7, 11) is 1.95. The second kappa shape index (κ2) is 14.7. The number of aliphatic hydroxyl groups excluding tert-OH is 1. The van der Waals surface area contributed by atoms with Crippen LogP contribution in [0.3, 0.4) is 0 Å². The first-order valence-corrected chi connectivity index (χ1v) is 15.1. The van der Waals surface area contributed by atoms with Crippen molar-refractivity contribution in [1.29, 1.82) is 0 Å². The van der Waals surface area contributed by atoms with Crippen LogP contribution in [0.4, 0.5) is 29.3 Å². The Labute approximate surface area is 270 Å². The summed E-state index contributed by atoms with van der Waals surface area (Å²) in [6, 6.07) is 13.4. The van der Waals surface area contributed by atoms with E-state index in [0.717, 1.165) is 29.8 Å². The maximum atomic E-state index is 13.5. The third-order valence-electron chi connectivity index (χ3n) is 7.57. The van der Waals surface area contributed by atoms with Crippen LogP contribution in [0.1, 0.15) is 30.5 Å². The van der Waals surface area contributed by atoms with Gasteiger partial charge in [-0.15, -0.1) is 0 Å². The second-order valence-electron chi connectivity index (χ2n) is 11.3. The van der Waals surface area contributed by atoms with Crippen molar-refractivity contribution in [3.05, 3.63) is 87.4 Å². The van der Waals surface area contributed by atoms with Crippen molar-refractivity contribution in [2.24, 2.45) is 5.92 Å². The lowest BCUT2D eigenvalue weighted by molar-refractivity contribution is -0.137. The predicted molar refractivity (Wildman–Crippen MR) is 169 cm³/mol. The number of hydrogen-bond acceptors (Lipinski definition) is 5. The fourth-order valence-electron chi connectivity index (χ4n) is 5.08. The molecule has 242 valence electrons. The molecule has 3 atom stereocenters. The molecule has 1 heterocycles. The van der Waals surface area contributed by atoms with Crippen LogP contribution in [0.2, 0.25) is 10.0 Å². The van der Waals surface area contributed by atoms with Gasteiger partial charge in [0.15, 0.2) is 0 Å². The minimum atomic E-state index is -4.48. The monoisotopic (exact) mass is 666 g/mol. The highest BCUT2D eigenvalue weighted by atomic mass is 35.5. The van der Waals surface area contributed by atoms with E-state index in [-0.39, 0.29) is 36.6 Å². The van der Waals surface area contributed by atoms with E-state index in [2.05, 4.69) is 15.5 Å². The molecule has 4 rings (SSSR count). The summed E-state index contributed by atoms with van der Waals surface area (Å²) in [6.07, 6.45) is -4.87. The number of carbonyl (C=O) groups excluding carboxylic acids is 2. The van der Waals surface area contributed by atoms with Gasteiger partial charge in [0, 0.05) is 42.5 Å². The van der Waals surface area contributed by atoms with E-state index in [0.29, 0.717) is 46.7 Å². The molecule has 3 aromatic carbocycles. The van der Waals surface area contributed by atoms with E-state index in [1.807, 2.05) is 26.1 Å². The van der Waals surface area contributed by atoms with Crippen molar-refractivity contribution in [3.63, 3.8) is 0 Å². The van der Waals surface area contributed by atoms with Gasteiger partial charge in [0.1, 0.15) is 11.9 Å². The number of anilines is 2. The van der Waals surface area contributed by atoms with Gasteiger partial charge in [0.2, 0.25) is 5.91 Å². The van der Waals surface area contributed by atoms with Crippen LogP contribution >= 0.6 is 23.2 Å². The van der Waals surface area contributed by atoms with Gasteiger partial charge in [-0.3, -0.25) is 9.69 Å². The molecular weight excluding hydrogens is 632 g/mol. The highest BCUT2D eigenvalue weighted by Gasteiger charge is 2.32. The quantitative estimate of drug-likeness (QED) is 0.242. The molecule has 13 heteroatoms. The number of nitrogens with one attached hydrogen (secondary N) is 2. The zero-order valence-electron chi connectivity index (χ0n) is 25.0. The largest absolute Gasteiger partial charge is 0.488 e. The number of likely N-dealkylation sites (N-methyl/N-ethyl adjacent to an activating group) is 1. The average Bonchev–Trinajstić information content (AvgIpc) is 3.01. The van der Waals surface area contributed by atoms with Crippen molar-refractivity contribution < 1.29 is 32.6 Å². The van der Waals surface area contributed by atoms with Gasteiger partial charge in [0.05, 0.1) is 34.7 Å². The number of alkyl halides is 3. The lowest BCUT2D eigenvalue weighted by Crippen LogP contribution is -2.47. The van der Waals surface area contributed by atoms with Crippen LogP contribution in [0.5, 0.6) is 5.75 Å². The Morgan fingerprint density at radius 2 is 1.73 bits per heavy atom. The molecule has 0 bridgehead atoms. The summed E-state index contributed by atoms with van der Waals surface area (Å²) in [5, 5.41) is 16.0. The number of nitrogens with zero attached hydrogens (tertiary/aromatic N) is 2. The molecule has 3 amide bonds. The Balaban J connectivity index is 1.54. The smallest absolute Gasteiger partial charge is 0.416 e. The number of urea groups is 1. The second-order valence-corrected chi connectivity index (χ2v) is 12.1. The Bertz CT molecular complexity index is 1510. The standard InChI is InChI=1S/C32H35Cl2F3N4O4/c1-19-15-41(20(2)18-42)30(43)14-22-13-25(39-31(44)38-24-7-5-23(6-8-24)32(35,36)37)9-11-28(22)45-29(19)17-40(3)16-21-4-10-26(33)27(34)12-21/h4-13,19-20,29,42H,14-18H2,1-3H3,(H2,38,39,44)/t19-,20-,29-/m1/s1. The summed E-state index contributed by atoms with van der Waals surface area (Å²) in [4.78, 5) is 29.9. The molecule has 0 saturated heterocycles. The van der Waals surface area contributed by atoms with Gasteiger partial charge in [-0.2, -0.15) is 13.2 Å². The van der Waals surface area contributed by atoms with Crippen molar-refractivity contribution >= 4 is 46.5 Å². The number of hydrogen-bond donors (Lipinski definition) is 3. The van der Waals surface area contributed by atoms with Crippen LogP contribution in [0, 0.1) is 5.92 Å². The van der Waals surface area contributed by atoms with E-state index in [1.54, 1.807) is 36.1 Å². The van der Waals surface area contributed by atoms with E-state index in [1.165, 1.54) is 0 Å². The average molecular weight is 668 g/mol. The highest BCUT2D eigenvalue weighted by molar-refractivity contribution is 6.42. The van der Waals surface area contributed by atoms with E-state index in [4.69, 9.17) is 27.9 Å². The summed E-state index contributed by atoms with van der Waals surface area (Å²) in [5.41, 5.74) is 1.22. The van der Waals surface area contributed by atoms with Crippen LogP contribution in [0.15, 0.2) is 60.7 Å². The lowest BCUT2D eigenvalue weighted by atomic mass is 10.0. The van der Waals surface area contributed by atoms with E-state index in [9.17, 15) is 27.9 Å². The number of rotatable bonds is 8. The van der Waals surface area contributed by atoms with Gasteiger partial charge in [0.25, 0.3) is 0 Å². The first-order chi connectivity index (χ1) is 21.2. The molecule has 3 aromatic rings. The third-order valence-corrected chi connectivity index (χ3v) is 8.31. The van der Waals surface area contributed by atoms with Crippen molar-refractivity contribution in [1.82, 2.24) is 9.80 Å². The number of halogens is 5. The molecule has 0 spiro atoms. The van der Waals surface area contributed by atoms with Gasteiger partial charge < -0.3 is 25.4 Å². The summed E-state index contributed by atoms with van der Waals surface area (Å²) in [5.74, 6) is 0.164. The van der Waals surface area contributed by atoms with Gasteiger partial charge in [-0.25, -0.2) is 4.79 Å². The predicted octanol–water partition coefficient (Wildman–Crippen LogP) is 6.94. The Hall–Kier alpha value is -3.51. The van der Waals surface area contributed by atoms with Crippen LogP contribution in [-0.4, -0.2) is 65.7 Å².